The van der Waals surface area contributed by atoms with Crippen molar-refractivity contribution in [2.45, 2.75) is 0 Å². The van der Waals surface area contributed by atoms with Gasteiger partial charge in [0.2, 0.25) is 0 Å². The third-order valence-corrected chi connectivity index (χ3v) is 3.50. The van der Waals surface area contributed by atoms with Crippen molar-refractivity contribution in [1.29, 1.82) is 0 Å². The lowest BCUT2D eigenvalue weighted by Gasteiger charge is -1.99. The summed E-state index contributed by atoms with van der Waals surface area (Å²) in [5.41, 5.74) is 2.43. The number of rotatable bonds is 2. The summed E-state index contributed by atoms with van der Waals surface area (Å²) in [4.78, 5) is 14.8. The van der Waals surface area contributed by atoms with E-state index in [4.69, 9.17) is 4.74 Å². The molecule has 0 radical (unpaired) electrons. The second kappa shape index (κ2) is 3.78. The molecule has 4 nitrogen and oxygen atoms in total. The van der Waals surface area contributed by atoms with E-state index < -0.39 is 0 Å². The van der Waals surface area contributed by atoms with Crippen LogP contribution < -0.4 is 10.1 Å². The smallest absolute Gasteiger partial charge is 0.257 e. The van der Waals surface area contributed by atoms with E-state index in [9.17, 15) is 4.79 Å². The fourth-order valence-electron chi connectivity index (χ4n) is 1.86. The number of amides is 1. The van der Waals surface area contributed by atoms with Gasteiger partial charge in [0.25, 0.3) is 5.91 Å². The first-order chi connectivity index (χ1) is 8.29. The van der Waals surface area contributed by atoms with Crippen LogP contribution in [0, 0.1) is 0 Å². The summed E-state index contributed by atoms with van der Waals surface area (Å²) in [5, 5.41) is 5.71. The minimum absolute atomic E-state index is 0.0662. The molecule has 1 aliphatic heterocycles. The van der Waals surface area contributed by atoms with Gasteiger partial charge in [-0.3, -0.25) is 4.79 Å². The van der Waals surface area contributed by atoms with Gasteiger partial charge in [-0.2, -0.15) is 0 Å². The number of fused-ring (bicyclic) bond motifs is 1. The number of carbonyl (C=O) groups is 1. The quantitative estimate of drug-likeness (QED) is 0.800. The maximum Gasteiger partial charge on any atom is 0.257 e. The van der Waals surface area contributed by atoms with E-state index in [0.29, 0.717) is 5.57 Å². The molecule has 0 saturated heterocycles. The summed E-state index contributed by atoms with van der Waals surface area (Å²) in [6.45, 7) is 0. The van der Waals surface area contributed by atoms with Gasteiger partial charge in [-0.25, -0.2) is 0 Å². The zero-order chi connectivity index (χ0) is 11.8. The van der Waals surface area contributed by atoms with E-state index in [1.807, 2.05) is 23.6 Å². The Morgan fingerprint density at radius 3 is 3.12 bits per heavy atom. The number of thiophene rings is 1. The van der Waals surface area contributed by atoms with Gasteiger partial charge in [0.1, 0.15) is 10.8 Å². The van der Waals surface area contributed by atoms with Gasteiger partial charge in [0.15, 0.2) is 0 Å². The Morgan fingerprint density at radius 1 is 1.41 bits per heavy atom. The van der Waals surface area contributed by atoms with Crippen molar-refractivity contribution < 1.29 is 9.53 Å². The molecule has 2 aromatic rings. The standard InChI is InChI=1S/C12H10N2O2S/c1-16-10-2-4-13-9(10)6-8-7-3-5-17-12(7)14-11(8)15/h2-6,13H,1H3,(H,14,15)/b8-6-. The van der Waals surface area contributed by atoms with Crippen LogP contribution in [0.2, 0.25) is 0 Å². The normalized spacial score (nSPS) is 16.1. The van der Waals surface area contributed by atoms with Crippen LogP contribution in [0.15, 0.2) is 23.7 Å². The van der Waals surface area contributed by atoms with Gasteiger partial charge in [-0.05, 0) is 23.6 Å². The number of nitrogens with one attached hydrogen (secondary N) is 2. The molecule has 5 heteroatoms. The van der Waals surface area contributed by atoms with Gasteiger partial charge >= 0.3 is 0 Å². The Kier molecular flexibility index (Phi) is 2.26. The molecule has 3 heterocycles. The molecule has 0 spiro atoms. The van der Waals surface area contributed by atoms with Gasteiger partial charge in [0.05, 0.1) is 18.4 Å². The molecule has 2 N–H and O–H groups in total. The van der Waals surface area contributed by atoms with Crippen LogP contribution in [-0.4, -0.2) is 18.0 Å². The lowest BCUT2D eigenvalue weighted by molar-refractivity contribution is -0.110. The number of carbonyl (C=O) groups excluding carboxylic acids is 1. The van der Waals surface area contributed by atoms with Crippen LogP contribution in [0.25, 0.3) is 11.6 Å². The predicted octanol–water partition coefficient (Wildman–Crippen LogP) is 2.58. The fourth-order valence-corrected chi connectivity index (χ4v) is 2.65. The van der Waals surface area contributed by atoms with Crippen molar-refractivity contribution in [3.63, 3.8) is 0 Å². The summed E-state index contributed by atoms with van der Waals surface area (Å²) in [6.07, 6.45) is 3.60. The molecule has 86 valence electrons. The largest absolute Gasteiger partial charge is 0.495 e. The molecular formula is C12H10N2O2S. The maximum absolute atomic E-state index is 11.8. The summed E-state index contributed by atoms with van der Waals surface area (Å²) in [6, 6.07) is 3.77. The third-order valence-electron chi connectivity index (χ3n) is 2.67. The number of H-pyrrole nitrogens is 1. The third kappa shape index (κ3) is 1.55. The van der Waals surface area contributed by atoms with Crippen molar-refractivity contribution in [2.75, 3.05) is 12.4 Å². The van der Waals surface area contributed by atoms with E-state index >= 15 is 0 Å². The van der Waals surface area contributed by atoms with Crippen LogP contribution in [0.4, 0.5) is 5.00 Å². The number of hydrogen-bond donors (Lipinski definition) is 2. The first-order valence-electron chi connectivity index (χ1n) is 5.12. The van der Waals surface area contributed by atoms with Crippen molar-refractivity contribution >= 4 is 33.9 Å². The Balaban J connectivity index is 2.08. The number of aromatic nitrogens is 1. The molecule has 1 aliphatic rings. The molecule has 0 atom stereocenters. The highest BCUT2D eigenvalue weighted by molar-refractivity contribution is 7.15. The van der Waals surface area contributed by atoms with Crippen molar-refractivity contribution in [1.82, 2.24) is 4.98 Å². The Bertz CT molecular complexity index is 610. The van der Waals surface area contributed by atoms with E-state index in [0.717, 1.165) is 22.0 Å². The lowest BCUT2D eigenvalue weighted by Crippen LogP contribution is -2.03. The van der Waals surface area contributed by atoms with Gasteiger partial charge < -0.3 is 15.0 Å². The average Bonchev–Trinajstić information content (AvgIpc) is 2.98. The van der Waals surface area contributed by atoms with Gasteiger partial charge in [-0.1, -0.05) is 0 Å². The minimum atomic E-state index is -0.0662. The maximum atomic E-state index is 11.8. The van der Waals surface area contributed by atoms with Crippen molar-refractivity contribution in [3.05, 3.63) is 35.0 Å². The number of ether oxygens (including phenoxy) is 1. The highest BCUT2D eigenvalue weighted by atomic mass is 32.1. The molecule has 1 amide bonds. The number of aromatic amines is 1. The zero-order valence-corrected chi connectivity index (χ0v) is 9.93. The van der Waals surface area contributed by atoms with Crippen LogP contribution in [0.5, 0.6) is 5.75 Å². The molecule has 3 rings (SSSR count). The molecule has 0 aliphatic carbocycles. The fraction of sp³-hybridized carbons (Fsp3) is 0.0833. The van der Waals surface area contributed by atoms with Crippen LogP contribution in [-0.2, 0) is 4.79 Å². The summed E-state index contributed by atoms with van der Waals surface area (Å²) < 4.78 is 5.20. The molecule has 0 bridgehead atoms. The average molecular weight is 246 g/mol. The second-order valence-electron chi connectivity index (χ2n) is 3.64. The van der Waals surface area contributed by atoms with E-state index in [2.05, 4.69) is 10.3 Å². The van der Waals surface area contributed by atoms with Crippen LogP contribution in [0.3, 0.4) is 0 Å². The molecule has 0 saturated carbocycles. The first kappa shape index (κ1) is 10.2. The monoisotopic (exact) mass is 246 g/mol. The van der Waals surface area contributed by atoms with Crippen LogP contribution >= 0.6 is 11.3 Å². The lowest BCUT2D eigenvalue weighted by atomic mass is 10.1. The van der Waals surface area contributed by atoms with Crippen molar-refractivity contribution in [3.8, 4) is 5.75 Å². The summed E-state index contributed by atoms with van der Waals surface area (Å²) in [7, 11) is 1.61. The summed E-state index contributed by atoms with van der Waals surface area (Å²) >= 11 is 1.53. The van der Waals surface area contributed by atoms with E-state index in [1.54, 1.807) is 13.3 Å². The molecule has 0 aromatic carbocycles. The van der Waals surface area contributed by atoms with E-state index in [1.165, 1.54) is 11.3 Å². The molecule has 0 fully saturated rings. The number of methoxy groups -OCH3 is 1. The highest BCUT2D eigenvalue weighted by Crippen LogP contribution is 2.37. The number of hydrogen-bond acceptors (Lipinski definition) is 3. The van der Waals surface area contributed by atoms with Gasteiger partial charge in [-0.15, -0.1) is 11.3 Å². The zero-order valence-electron chi connectivity index (χ0n) is 9.11. The topological polar surface area (TPSA) is 54.1 Å². The first-order valence-corrected chi connectivity index (χ1v) is 6.00. The molecule has 0 unspecified atom stereocenters. The minimum Gasteiger partial charge on any atom is -0.495 e. The van der Waals surface area contributed by atoms with Crippen LogP contribution in [0.1, 0.15) is 11.3 Å². The second-order valence-corrected chi connectivity index (χ2v) is 4.55. The van der Waals surface area contributed by atoms with Gasteiger partial charge in [0, 0.05) is 11.8 Å². The predicted molar refractivity (Wildman–Crippen MR) is 68.2 cm³/mol. The SMILES string of the molecule is COc1cc[nH]c1/C=C1\C(=O)Nc2sccc21. The Labute approximate surface area is 102 Å². The highest BCUT2D eigenvalue weighted by Gasteiger charge is 2.25. The molecule has 2 aromatic heterocycles. The molecular weight excluding hydrogens is 236 g/mol. The summed E-state index contributed by atoms with van der Waals surface area (Å²) in [5.74, 6) is 0.664. The molecule has 17 heavy (non-hydrogen) atoms. The number of anilines is 1. The Hall–Kier alpha value is -2.01. The Morgan fingerprint density at radius 2 is 2.29 bits per heavy atom. The van der Waals surface area contributed by atoms with E-state index in [-0.39, 0.29) is 5.91 Å². The van der Waals surface area contributed by atoms with Crippen molar-refractivity contribution in [2.24, 2.45) is 0 Å².